The third-order valence-corrected chi connectivity index (χ3v) is 7.51. The summed E-state index contributed by atoms with van der Waals surface area (Å²) in [4.78, 5) is 25.4. The molecule has 4 rings (SSSR count). The lowest BCUT2D eigenvalue weighted by Crippen LogP contribution is -2.24. The lowest BCUT2D eigenvalue weighted by molar-refractivity contribution is 0.0950. The molecule has 13 heteroatoms. The van der Waals surface area contributed by atoms with Gasteiger partial charge in [0.1, 0.15) is 5.69 Å². The fraction of sp³-hybridized carbons (Fsp3) is 0.300. The van der Waals surface area contributed by atoms with Crippen LogP contribution < -0.4 is 14.8 Å². The minimum absolute atomic E-state index is 0.0834. The maximum Gasteiger partial charge on any atom is 0.280 e. The van der Waals surface area contributed by atoms with Crippen LogP contribution in [0.5, 0.6) is 5.88 Å². The van der Waals surface area contributed by atoms with Gasteiger partial charge < -0.3 is 10.1 Å². The van der Waals surface area contributed by atoms with Crippen molar-refractivity contribution >= 4 is 33.0 Å². The number of amides is 1. The fourth-order valence-corrected chi connectivity index (χ4v) is 5.05. The van der Waals surface area contributed by atoms with Gasteiger partial charge in [-0.05, 0) is 25.8 Å². The number of halogens is 2. The second-order valence-electron chi connectivity index (χ2n) is 7.17. The normalized spacial score (nSPS) is 13.5. The van der Waals surface area contributed by atoms with E-state index in [1.807, 2.05) is 6.92 Å². The van der Waals surface area contributed by atoms with Crippen molar-refractivity contribution in [2.75, 3.05) is 11.3 Å². The van der Waals surface area contributed by atoms with Crippen LogP contribution in [-0.2, 0) is 16.6 Å². The molecule has 0 aliphatic heterocycles. The Bertz CT molecular complexity index is 1300. The molecule has 2 N–H and O–H groups in total. The van der Waals surface area contributed by atoms with Gasteiger partial charge in [0.05, 0.1) is 34.8 Å². The number of rotatable bonds is 9. The van der Waals surface area contributed by atoms with Crippen LogP contribution in [0.4, 0.5) is 14.5 Å². The Hall–Kier alpha value is -3.19. The van der Waals surface area contributed by atoms with Crippen molar-refractivity contribution in [3.8, 4) is 16.5 Å². The van der Waals surface area contributed by atoms with Crippen LogP contribution in [0.3, 0.4) is 0 Å². The molecule has 1 aliphatic rings. The summed E-state index contributed by atoms with van der Waals surface area (Å²) >= 11 is 1.04. The van der Waals surface area contributed by atoms with Gasteiger partial charge in [0.25, 0.3) is 5.91 Å². The third-order valence-electron chi connectivity index (χ3n) is 4.62. The smallest absolute Gasteiger partial charge is 0.280 e. The van der Waals surface area contributed by atoms with Crippen LogP contribution in [0.1, 0.15) is 35.1 Å². The average molecular weight is 496 g/mol. The van der Waals surface area contributed by atoms with Gasteiger partial charge in [-0.2, -0.15) is 0 Å². The lowest BCUT2D eigenvalue weighted by atomic mass is 10.2. The Morgan fingerprint density at radius 3 is 2.76 bits per heavy atom. The quantitative estimate of drug-likeness (QED) is 0.468. The van der Waals surface area contributed by atoms with Crippen molar-refractivity contribution in [3.05, 3.63) is 52.9 Å². The first kappa shape index (κ1) is 23.0. The highest BCUT2D eigenvalue weighted by atomic mass is 32.2. The highest BCUT2D eigenvalue weighted by molar-refractivity contribution is 7.93. The molecule has 33 heavy (non-hydrogen) atoms. The predicted molar refractivity (Wildman–Crippen MR) is 117 cm³/mol. The van der Waals surface area contributed by atoms with Crippen molar-refractivity contribution in [1.29, 1.82) is 0 Å². The van der Waals surface area contributed by atoms with E-state index < -0.39 is 32.8 Å². The van der Waals surface area contributed by atoms with Gasteiger partial charge in [0.2, 0.25) is 15.9 Å². The number of sulfonamides is 1. The Labute approximate surface area is 192 Å². The molecule has 1 amide bonds. The van der Waals surface area contributed by atoms with Crippen LogP contribution in [0, 0.1) is 11.6 Å². The zero-order valence-electron chi connectivity index (χ0n) is 17.3. The number of thiazole rings is 1. The van der Waals surface area contributed by atoms with E-state index in [9.17, 15) is 22.0 Å². The van der Waals surface area contributed by atoms with Gasteiger partial charge in [-0.15, -0.1) is 11.3 Å². The third kappa shape index (κ3) is 5.42. The van der Waals surface area contributed by atoms with Gasteiger partial charge in [-0.25, -0.2) is 27.2 Å². The molecule has 0 atom stereocenters. The second kappa shape index (κ2) is 9.35. The molecule has 3 aromatic rings. The van der Waals surface area contributed by atoms with E-state index in [-0.39, 0.29) is 22.8 Å². The molecule has 1 aliphatic carbocycles. The zero-order valence-corrected chi connectivity index (χ0v) is 19.0. The highest BCUT2D eigenvalue weighted by Crippen LogP contribution is 2.30. The van der Waals surface area contributed by atoms with Crippen LogP contribution >= 0.6 is 11.3 Å². The molecule has 1 aromatic carbocycles. The summed E-state index contributed by atoms with van der Waals surface area (Å²) in [6.45, 7) is 1.87. The van der Waals surface area contributed by atoms with Crippen molar-refractivity contribution in [1.82, 2.24) is 20.3 Å². The fourth-order valence-electron chi connectivity index (χ4n) is 2.89. The van der Waals surface area contributed by atoms with Crippen LogP contribution in [-0.4, -0.2) is 41.1 Å². The monoisotopic (exact) mass is 495 g/mol. The first-order valence-corrected chi connectivity index (χ1v) is 12.3. The Balaban J connectivity index is 1.45. The molecule has 0 unspecified atom stereocenters. The van der Waals surface area contributed by atoms with E-state index in [2.05, 4.69) is 25.0 Å². The van der Waals surface area contributed by atoms with E-state index >= 15 is 0 Å². The largest absolute Gasteiger partial charge is 0.477 e. The Morgan fingerprint density at radius 2 is 2.03 bits per heavy atom. The van der Waals surface area contributed by atoms with E-state index in [1.54, 1.807) is 0 Å². The summed E-state index contributed by atoms with van der Waals surface area (Å²) in [5.74, 6) is -2.67. The number of carbonyl (C=O) groups excluding carboxylic acids is 1. The van der Waals surface area contributed by atoms with Gasteiger partial charge in [0.15, 0.2) is 16.6 Å². The number of nitrogens with zero attached hydrogens (tertiary/aromatic N) is 3. The first-order chi connectivity index (χ1) is 15.8. The average Bonchev–Trinajstić information content (AvgIpc) is 3.53. The Kier molecular flexibility index (Phi) is 6.51. The maximum atomic E-state index is 14.2. The zero-order chi connectivity index (χ0) is 23.6. The van der Waals surface area contributed by atoms with Gasteiger partial charge in [0, 0.05) is 24.4 Å². The number of anilines is 1. The van der Waals surface area contributed by atoms with Gasteiger partial charge in [-0.3, -0.25) is 14.5 Å². The van der Waals surface area contributed by atoms with Crippen LogP contribution in [0.2, 0.25) is 0 Å². The summed E-state index contributed by atoms with van der Waals surface area (Å²) in [6.07, 6.45) is 5.48. The van der Waals surface area contributed by atoms with E-state index in [4.69, 9.17) is 4.74 Å². The van der Waals surface area contributed by atoms with E-state index in [0.29, 0.717) is 35.9 Å². The van der Waals surface area contributed by atoms with Gasteiger partial charge in [-0.1, -0.05) is 0 Å². The molecule has 0 bridgehead atoms. The number of aromatic nitrogens is 3. The van der Waals surface area contributed by atoms with E-state index in [1.165, 1.54) is 18.6 Å². The predicted octanol–water partition coefficient (Wildman–Crippen LogP) is 3.11. The molecule has 0 spiro atoms. The molecule has 2 heterocycles. The van der Waals surface area contributed by atoms with Crippen molar-refractivity contribution in [2.24, 2.45) is 0 Å². The second-order valence-corrected chi connectivity index (χ2v) is 10.2. The van der Waals surface area contributed by atoms with Crippen molar-refractivity contribution in [3.63, 3.8) is 0 Å². The van der Waals surface area contributed by atoms with Crippen molar-refractivity contribution in [2.45, 2.75) is 31.6 Å². The topological polar surface area (TPSA) is 123 Å². The molecular weight excluding hydrogens is 476 g/mol. The molecule has 0 radical (unpaired) electrons. The maximum absolute atomic E-state index is 14.2. The lowest BCUT2D eigenvalue weighted by Gasteiger charge is -2.11. The number of hydrogen-bond acceptors (Lipinski definition) is 8. The van der Waals surface area contributed by atoms with Crippen LogP contribution in [0.15, 0.2) is 30.7 Å². The molecule has 9 nitrogen and oxygen atoms in total. The molecule has 1 fully saturated rings. The number of nitrogens with one attached hydrogen (secondary N) is 2. The summed E-state index contributed by atoms with van der Waals surface area (Å²) in [7, 11) is -3.65. The Morgan fingerprint density at radius 1 is 1.24 bits per heavy atom. The minimum Gasteiger partial charge on any atom is -0.477 e. The standard InChI is InChI=1S/C20H19F2N5O4S2/c1-2-31-17-10-23-8-15(26-17)16-9-25-20(32-16)19(28)24-7-11-5-12(6-14(21)18(11)22)27-33(29,30)13-3-4-13/h5-6,8-10,13,27H,2-4,7H2,1H3,(H,24,28). The summed E-state index contributed by atoms with van der Waals surface area (Å²) in [6, 6.07) is 1.92. The number of hydrogen-bond donors (Lipinski definition) is 2. The summed E-state index contributed by atoms with van der Waals surface area (Å²) in [5.41, 5.74) is 0.166. The molecule has 174 valence electrons. The van der Waals surface area contributed by atoms with Gasteiger partial charge >= 0.3 is 0 Å². The summed E-state index contributed by atoms with van der Waals surface area (Å²) in [5, 5.41) is 2.03. The molecular formula is C20H19F2N5O4S2. The number of ether oxygens (including phenoxy) is 1. The molecule has 2 aromatic heterocycles. The molecule has 1 saturated carbocycles. The minimum atomic E-state index is -3.65. The van der Waals surface area contributed by atoms with E-state index in [0.717, 1.165) is 23.5 Å². The molecule has 0 saturated heterocycles. The highest BCUT2D eigenvalue weighted by Gasteiger charge is 2.36. The SMILES string of the molecule is CCOc1cncc(-c2cnc(C(=O)NCc3cc(NS(=O)(=O)C4CC4)cc(F)c3F)s2)n1. The summed E-state index contributed by atoms with van der Waals surface area (Å²) < 4.78 is 59.9. The number of benzene rings is 1. The van der Waals surface area contributed by atoms with Crippen LogP contribution in [0.25, 0.3) is 10.6 Å². The van der Waals surface area contributed by atoms with Crippen molar-refractivity contribution < 1.29 is 26.7 Å². The number of carbonyl (C=O) groups is 1. The first-order valence-electron chi connectivity index (χ1n) is 9.95.